The molecule has 1 aliphatic rings. The first-order chi connectivity index (χ1) is 14.0. The Hall–Kier alpha value is -2.77. The van der Waals surface area contributed by atoms with Crippen molar-refractivity contribution in [1.82, 2.24) is 14.9 Å². The minimum atomic E-state index is -0.829. The highest BCUT2D eigenvalue weighted by atomic mass is 35.5. The van der Waals surface area contributed by atoms with Crippen LogP contribution in [-0.2, 0) is 10.3 Å². The van der Waals surface area contributed by atoms with Crippen molar-refractivity contribution in [2.75, 3.05) is 13.1 Å². The first-order valence-electron chi connectivity index (χ1n) is 9.66. The molecule has 0 aromatic carbocycles. The molecule has 0 radical (unpaired) electrons. The van der Waals surface area contributed by atoms with E-state index in [-0.39, 0.29) is 12.2 Å². The molecule has 3 rings (SSSR count). The van der Waals surface area contributed by atoms with Gasteiger partial charge in [0.15, 0.2) is 0 Å². The monoisotopic (exact) mass is 432 g/mol. The fourth-order valence-corrected chi connectivity index (χ4v) is 3.46. The van der Waals surface area contributed by atoms with E-state index in [1.807, 2.05) is 20.8 Å². The van der Waals surface area contributed by atoms with E-state index in [1.54, 1.807) is 37.2 Å². The highest BCUT2D eigenvalue weighted by Crippen LogP contribution is 2.36. The van der Waals surface area contributed by atoms with Crippen LogP contribution in [0.5, 0.6) is 5.88 Å². The summed E-state index contributed by atoms with van der Waals surface area (Å²) in [5.41, 5.74) is 8.25. The van der Waals surface area contributed by atoms with Crippen LogP contribution >= 0.6 is 11.6 Å². The molecule has 1 amide bonds. The lowest BCUT2D eigenvalue weighted by molar-refractivity contribution is 0.0275. The van der Waals surface area contributed by atoms with E-state index in [9.17, 15) is 4.79 Å². The summed E-state index contributed by atoms with van der Waals surface area (Å²) in [5, 5.41) is 5.60. The number of amides is 1. The van der Waals surface area contributed by atoms with Crippen LogP contribution < -0.4 is 4.74 Å². The predicted octanol–water partition coefficient (Wildman–Crippen LogP) is 5.22. The number of likely N-dealkylation sites (tertiary alicyclic amines) is 1. The number of aromatic nitrogens is 2. The van der Waals surface area contributed by atoms with E-state index >= 15 is 0 Å². The molecule has 0 N–H and O–H groups in total. The maximum Gasteiger partial charge on any atom is 0.410 e. The van der Waals surface area contributed by atoms with Gasteiger partial charge in [0.2, 0.25) is 5.88 Å². The van der Waals surface area contributed by atoms with E-state index in [4.69, 9.17) is 26.6 Å². The van der Waals surface area contributed by atoms with Crippen LogP contribution in [0.3, 0.4) is 0 Å². The van der Waals surface area contributed by atoms with Crippen molar-refractivity contribution in [2.45, 2.75) is 58.3 Å². The van der Waals surface area contributed by atoms with Gasteiger partial charge in [-0.15, -0.1) is 0 Å². The Kier molecular flexibility index (Phi) is 5.97. The molecule has 1 atom stereocenters. The molecule has 1 fully saturated rings. The lowest BCUT2D eigenvalue weighted by Gasteiger charge is -2.24. The third kappa shape index (κ3) is 4.86. The molecular formula is C20H25ClN6O3. The molecule has 9 nitrogen and oxygen atoms in total. The highest BCUT2D eigenvalue weighted by Gasteiger charge is 2.32. The molecule has 30 heavy (non-hydrogen) atoms. The fourth-order valence-electron chi connectivity index (χ4n) is 3.31. The second-order valence-corrected chi connectivity index (χ2v) is 9.12. The maximum absolute atomic E-state index is 12.3. The molecule has 160 valence electrons. The average Bonchev–Trinajstić information content (AvgIpc) is 3.08. The molecule has 1 unspecified atom stereocenters. The smallest absolute Gasteiger partial charge is 0.410 e. The Labute approximate surface area is 180 Å². The van der Waals surface area contributed by atoms with Gasteiger partial charge in [0.1, 0.15) is 16.9 Å². The zero-order valence-corrected chi connectivity index (χ0v) is 18.5. The number of rotatable bonds is 4. The van der Waals surface area contributed by atoms with Gasteiger partial charge in [-0.2, -0.15) is 0 Å². The Morgan fingerprint density at radius 3 is 2.67 bits per heavy atom. The highest BCUT2D eigenvalue weighted by molar-refractivity contribution is 6.30. The van der Waals surface area contributed by atoms with Gasteiger partial charge in [-0.3, -0.25) is 0 Å². The second-order valence-electron chi connectivity index (χ2n) is 8.73. The van der Waals surface area contributed by atoms with Gasteiger partial charge in [0.05, 0.1) is 17.5 Å². The van der Waals surface area contributed by atoms with E-state index in [1.165, 1.54) is 0 Å². The van der Waals surface area contributed by atoms with Crippen LogP contribution in [0.1, 0.15) is 46.6 Å². The average molecular weight is 433 g/mol. The standard InChI is InChI=1S/C20H25ClN6O3/c1-19(2,3)30-18(28)27-7-6-12(11-27)29-17-14-9-23-16(21)8-13(14)15(10-24-17)20(4,5)25-26-22/h8-10,12H,6-7,11H2,1-5H3. The van der Waals surface area contributed by atoms with Crippen LogP contribution in [0, 0.1) is 0 Å². The summed E-state index contributed by atoms with van der Waals surface area (Å²) in [6.45, 7) is 10.1. The predicted molar refractivity (Wildman–Crippen MR) is 114 cm³/mol. The molecule has 0 saturated carbocycles. The number of pyridine rings is 2. The third-order valence-electron chi connectivity index (χ3n) is 4.73. The van der Waals surface area contributed by atoms with Crippen molar-refractivity contribution < 1.29 is 14.3 Å². The van der Waals surface area contributed by atoms with Gasteiger partial charge in [0.25, 0.3) is 0 Å². The van der Waals surface area contributed by atoms with E-state index in [2.05, 4.69) is 20.0 Å². The summed E-state index contributed by atoms with van der Waals surface area (Å²) in [5.74, 6) is 0.394. The van der Waals surface area contributed by atoms with Crippen molar-refractivity contribution in [3.8, 4) is 5.88 Å². The van der Waals surface area contributed by atoms with Crippen molar-refractivity contribution in [1.29, 1.82) is 0 Å². The van der Waals surface area contributed by atoms with Gasteiger partial charge in [-0.25, -0.2) is 14.8 Å². The van der Waals surface area contributed by atoms with Gasteiger partial charge < -0.3 is 14.4 Å². The minimum Gasteiger partial charge on any atom is -0.472 e. The number of hydrogen-bond acceptors (Lipinski definition) is 6. The summed E-state index contributed by atoms with van der Waals surface area (Å²) in [4.78, 5) is 25.5. The number of carbonyl (C=O) groups is 1. The lowest BCUT2D eigenvalue weighted by atomic mass is 9.93. The number of fused-ring (bicyclic) bond motifs is 1. The second kappa shape index (κ2) is 8.16. The first-order valence-corrected chi connectivity index (χ1v) is 10.0. The third-order valence-corrected chi connectivity index (χ3v) is 4.94. The number of hydrogen-bond donors (Lipinski definition) is 0. The summed E-state index contributed by atoms with van der Waals surface area (Å²) in [6.07, 6.45) is 3.31. The molecule has 1 saturated heterocycles. The van der Waals surface area contributed by atoms with E-state index < -0.39 is 11.1 Å². The molecule has 2 aromatic rings. The molecule has 0 spiro atoms. The lowest BCUT2D eigenvalue weighted by Crippen LogP contribution is -2.36. The largest absolute Gasteiger partial charge is 0.472 e. The van der Waals surface area contributed by atoms with Crippen LogP contribution in [-0.4, -0.2) is 45.8 Å². The molecule has 2 aromatic heterocycles. The van der Waals surface area contributed by atoms with Crippen LogP contribution in [0.15, 0.2) is 23.6 Å². The normalized spacial score (nSPS) is 17.0. The maximum atomic E-state index is 12.3. The Bertz CT molecular complexity index is 1010. The molecule has 10 heteroatoms. The number of carbonyl (C=O) groups excluding carboxylic acids is 1. The van der Waals surface area contributed by atoms with Gasteiger partial charge in [-0.05, 0) is 43.3 Å². The number of halogens is 1. The quantitative estimate of drug-likeness (QED) is 0.284. The Morgan fingerprint density at radius 2 is 2.00 bits per heavy atom. The molecule has 1 aliphatic heterocycles. The first kappa shape index (κ1) is 21.9. The van der Waals surface area contributed by atoms with Crippen molar-refractivity contribution in [2.24, 2.45) is 5.11 Å². The summed E-state index contributed by atoms with van der Waals surface area (Å²) >= 11 is 6.11. The Morgan fingerprint density at radius 1 is 1.27 bits per heavy atom. The van der Waals surface area contributed by atoms with E-state index in [0.29, 0.717) is 41.5 Å². The van der Waals surface area contributed by atoms with Crippen LogP contribution in [0.4, 0.5) is 4.79 Å². The zero-order chi connectivity index (χ0) is 22.1. The number of nitrogens with zero attached hydrogens (tertiary/aromatic N) is 6. The fraction of sp³-hybridized carbons (Fsp3) is 0.550. The molecular weight excluding hydrogens is 408 g/mol. The molecule has 0 bridgehead atoms. The molecule has 0 aliphatic carbocycles. The minimum absolute atomic E-state index is 0.222. The van der Waals surface area contributed by atoms with Gasteiger partial charge in [0, 0.05) is 30.3 Å². The van der Waals surface area contributed by atoms with Crippen LogP contribution in [0.25, 0.3) is 21.2 Å². The van der Waals surface area contributed by atoms with Crippen molar-refractivity contribution in [3.63, 3.8) is 0 Å². The zero-order valence-electron chi connectivity index (χ0n) is 17.7. The number of ether oxygens (including phenoxy) is 2. The number of azide groups is 1. The van der Waals surface area contributed by atoms with Gasteiger partial charge >= 0.3 is 6.09 Å². The summed E-state index contributed by atoms with van der Waals surface area (Å²) in [6, 6.07) is 1.71. The Balaban J connectivity index is 1.86. The summed E-state index contributed by atoms with van der Waals surface area (Å²) < 4.78 is 11.6. The topological polar surface area (TPSA) is 113 Å². The molecule has 3 heterocycles. The van der Waals surface area contributed by atoms with E-state index in [0.717, 1.165) is 5.39 Å². The van der Waals surface area contributed by atoms with Crippen LogP contribution in [0.2, 0.25) is 5.15 Å². The van der Waals surface area contributed by atoms with Crippen molar-refractivity contribution >= 4 is 28.5 Å². The van der Waals surface area contributed by atoms with Crippen molar-refractivity contribution in [3.05, 3.63) is 39.6 Å². The summed E-state index contributed by atoms with van der Waals surface area (Å²) in [7, 11) is 0. The SMILES string of the molecule is CC(C)(C)OC(=O)N1CCC(Oc2ncc(C(C)(C)N=[N+]=[N-])c3cc(Cl)ncc23)C1. The van der Waals surface area contributed by atoms with Gasteiger partial charge in [-0.1, -0.05) is 30.6 Å².